The van der Waals surface area contributed by atoms with Crippen molar-refractivity contribution in [2.75, 3.05) is 11.9 Å². The van der Waals surface area contributed by atoms with Gasteiger partial charge < -0.3 is 14.8 Å². The van der Waals surface area contributed by atoms with Crippen LogP contribution in [0.25, 0.3) is 0 Å². The molecule has 2 aromatic carbocycles. The molecule has 2 rings (SSSR count). The average molecular weight is 313 g/mol. The lowest BCUT2D eigenvalue weighted by molar-refractivity contribution is -0.122. The molecule has 23 heavy (non-hydrogen) atoms. The number of aryl methyl sites for hydroxylation is 2. The minimum atomic E-state index is -0.581. The van der Waals surface area contributed by atoms with Gasteiger partial charge >= 0.3 is 0 Å². The largest absolute Gasteiger partial charge is 0.494 e. The maximum atomic E-state index is 12.3. The van der Waals surface area contributed by atoms with Gasteiger partial charge in [-0.1, -0.05) is 12.1 Å². The predicted molar refractivity (Wildman–Crippen MR) is 92.2 cm³/mol. The van der Waals surface area contributed by atoms with Crippen molar-refractivity contribution in [3.8, 4) is 11.5 Å². The Balaban J connectivity index is 1.98. The summed E-state index contributed by atoms with van der Waals surface area (Å²) in [5.41, 5.74) is 2.83. The zero-order valence-electron chi connectivity index (χ0n) is 14.1. The Bertz CT molecular complexity index is 665. The molecule has 0 aliphatic rings. The van der Waals surface area contributed by atoms with Crippen LogP contribution in [0.15, 0.2) is 42.5 Å². The van der Waals surface area contributed by atoms with Crippen molar-refractivity contribution in [1.82, 2.24) is 0 Å². The topological polar surface area (TPSA) is 47.6 Å². The summed E-state index contributed by atoms with van der Waals surface area (Å²) in [5, 5.41) is 2.85. The highest BCUT2D eigenvalue weighted by Gasteiger charge is 2.16. The third-order valence-corrected chi connectivity index (χ3v) is 3.45. The maximum absolute atomic E-state index is 12.3. The highest BCUT2D eigenvalue weighted by molar-refractivity contribution is 5.94. The number of ether oxygens (including phenoxy) is 2. The maximum Gasteiger partial charge on any atom is 0.265 e. The monoisotopic (exact) mass is 313 g/mol. The molecule has 1 amide bonds. The van der Waals surface area contributed by atoms with E-state index in [0.29, 0.717) is 6.61 Å². The van der Waals surface area contributed by atoms with Crippen molar-refractivity contribution < 1.29 is 14.3 Å². The standard InChI is InChI=1S/C19H23NO3/c1-5-22-17-10-8-16(9-11-17)20-19(21)15(4)23-18-12-13(2)6-7-14(18)3/h6-12,15H,5H2,1-4H3,(H,20,21)/t15-/m1/s1. The molecular formula is C19H23NO3. The van der Waals surface area contributed by atoms with E-state index in [9.17, 15) is 4.79 Å². The number of carbonyl (C=O) groups is 1. The SMILES string of the molecule is CCOc1ccc(NC(=O)[C@@H](C)Oc2cc(C)ccc2C)cc1. The van der Waals surface area contributed by atoms with E-state index in [4.69, 9.17) is 9.47 Å². The minimum absolute atomic E-state index is 0.185. The van der Waals surface area contributed by atoms with E-state index in [1.807, 2.05) is 63.2 Å². The van der Waals surface area contributed by atoms with Gasteiger partial charge in [0, 0.05) is 5.69 Å². The molecular weight excluding hydrogens is 290 g/mol. The van der Waals surface area contributed by atoms with Crippen LogP contribution in [0.3, 0.4) is 0 Å². The normalized spacial score (nSPS) is 11.7. The second kappa shape index (κ2) is 7.68. The molecule has 0 aliphatic heterocycles. The minimum Gasteiger partial charge on any atom is -0.494 e. The van der Waals surface area contributed by atoms with E-state index in [-0.39, 0.29) is 5.91 Å². The molecule has 0 heterocycles. The van der Waals surface area contributed by atoms with E-state index in [1.165, 1.54) is 0 Å². The quantitative estimate of drug-likeness (QED) is 0.873. The first-order valence-corrected chi connectivity index (χ1v) is 7.77. The molecule has 122 valence electrons. The van der Waals surface area contributed by atoms with Crippen LogP contribution < -0.4 is 14.8 Å². The third-order valence-electron chi connectivity index (χ3n) is 3.45. The number of benzene rings is 2. The molecule has 1 atom stereocenters. The summed E-state index contributed by atoms with van der Waals surface area (Å²) in [7, 11) is 0. The number of hydrogen-bond donors (Lipinski definition) is 1. The van der Waals surface area contributed by atoms with Crippen LogP contribution in [0.5, 0.6) is 11.5 Å². The summed E-state index contributed by atoms with van der Waals surface area (Å²) in [6.07, 6.45) is -0.581. The second-order valence-corrected chi connectivity index (χ2v) is 5.48. The fourth-order valence-corrected chi connectivity index (χ4v) is 2.12. The fourth-order valence-electron chi connectivity index (χ4n) is 2.12. The van der Waals surface area contributed by atoms with Crippen LogP contribution in [-0.2, 0) is 4.79 Å². The molecule has 1 N–H and O–H groups in total. The zero-order chi connectivity index (χ0) is 16.8. The summed E-state index contributed by atoms with van der Waals surface area (Å²) >= 11 is 0. The van der Waals surface area contributed by atoms with E-state index < -0.39 is 6.10 Å². The summed E-state index contributed by atoms with van der Waals surface area (Å²) in [5.74, 6) is 1.33. The summed E-state index contributed by atoms with van der Waals surface area (Å²) in [6.45, 7) is 8.25. The molecule has 4 heteroatoms. The van der Waals surface area contributed by atoms with Crippen LogP contribution in [0.2, 0.25) is 0 Å². The Morgan fingerprint density at radius 1 is 1.13 bits per heavy atom. The van der Waals surface area contributed by atoms with Crippen molar-refractivity contribution in [1.29, 1.82) is 0 Å². The highest BCUT2D eigenvalue weighted by Crippen LogP contribution is 2.21. The van der Waals surface area contributed by atoms with Gasteiger partial charge in [-0.2, -0.15) is 0 Å². The van der Waals surface area contributed by atoms with Gasteiger partial charge in [-0.15, -0.1) is 0 Å². The first-order chi connectivity index (χ1) is 11.0. The Hall–Kier alpha value is -2.49. The van der Waals surface area contributed by atoms with Gasteiger partial charge in [-0.25, -0.2) is 0 Å². The molecule has 4 nitrogen and oxygen atoms in total. The van der Waals surface area contributed by atoms with Crippen molar-refractivity contribution in [3.63, 3.8) is 0 Å². The average Bonchev–Trinajstić information content (AvgIpc) is 2.53. The number of anilines is 1. The molecule has 0 aromatic heterocycles. The van der Waals surface area contributed by atoms with Crippen LogP contribution >= 0.6 is 0 Å². The molecule has 0 aliphatic carbocycles. The van der Waals surface area contributed by atoms with E-state index >= 15 is 0 Å². The Morgan fingerprint density at radius 3 is 2.48 bits per heavy atom. The Morgan fingerprint density at radius 2 is 1.83 bits per heavy atom. The van der Waals surface area contributed by atoms with E-state index in [2.05, 4.69) is 5.32 Å². The van der Waals surface area contributed by atoms with Crippen LogP contribution in [0.4, 0.5) is 5.69 Å². The van der Waals surface area contributed by atoms with Crippen LogP contribution in [-0.4, -0.2) is 18.6 Å². The number of hydrogen-bond acceptors (Lipinski definition) is 3. The number of nitrogens with one attached hydrogen (secondary N) is 1. The Kier molecular flexibility index (Phi) is 5.63. The van der Waals surface area contributed by atoms with Crippen molar-refractivity contribution in [2.45, 2.75) is 33.8 Å². The lowest BCUT2D eigenvalue weighted by Gasteiger charge is -2.17. The smallest absolute Gasteiger partial charge is 0.265 e. The molecule has 0 fully saturated rings. The fraction of sp³-hybridized carbons (Fsp3) is 0.316. The van der Waals surface area contributed by atoms with Gasteiger partial charge in [0.1, 0.15) is 11.5 Å². The van der Waals surface area contributed by atoms with Gasteiger partial charge in [-0.3, -0.25) is 4.79 Å². The van der Waals surface area contributed by atoms with Gasteiger partial charge in [0.25, 0.3) is 5.91 Å². The zero-order valence-corrected chi connectivity index (χ0v) is 14.1. The summed E-state index contributed by atoms with van der Waals surface area (Å²) in [4.78, 5) is 12.3. The molecule has 0 saturated carbocycles. The van der Waals surface area contributed by atoms with Gasteiger partial charge in [-0.05, 0) is 69.2 Å². The molecule has 2 aromatic rings. The second-order valence-electron chi connectivity index (χ2n) is 5.48. The van der Waals surface area contributed by atoms with Gasteiger partial charge in [0.05, 0.1) is 6.61 Å². The molecule has 0 radical (unpaired) electrons. The number of rotatable bonds is 6. The first kappa shape index (κ1) is 16.9. The summed E-state index contributed by atoms with van der Waals surface area (Å²) < 4.78 is 11.2. The molecule has 0 spiro atoms. The number of carbonyl (C=O) groups excluding carboxylic acids is 1. The van der Waals surface area contributed by atoms with Gasteiger partial charge in [0.2, 0.25) is 0 Å². The van der Waals surface area contributed by atoms with Crippen LogP contribution in [0, 0.1) is 13.8 Å². The molecule has 0 saturated heterocycles. The highest BCUT2D eigenvalue weighted by atomic mass is 16.5. The lowest BCUT2D eigenvalue weighted by Crippen LogP contribution is -2.30. The first-order valence-electron chi connectivity index (χ1n) is 7.77. The van der Waals surface area contributed by atoms with Gasteiger partial charge in [0.15, 0.2) is 6.10 Å². The Labute approximate surface area is 137 Å². The van der Waals surface area contributed by atoms with E-state index in [0.717, 1.165) is 28.3 Å². The van der Waals surface area contributed by atoms with E-state index in [1.54, 1.807) is 6.92 Å². The molecule has 0 bridgehead atoms. The summed E-state index contributed by atoms with van der Waals surface area (Å²) in [6, 6.07) is 13.2. The number of amides is 1. The lowest BCUT2D eigenvalue weighted by atomic mass is 10.1. The third kappa shape index (κ3) is 4.74. The molecule has 0 unspecified atom stereocenters. The van der Waals surface area contributed by atoms with Crippen molar-refractivity contribution in [2.24, 2.45) is 0 Å². The van der Waals surface area contributed by atoms with Crippen molar-refractivity contribution in [3.05, 3.63) is 53.6 Å². The van der Waals surface area contributed by atoms with Crippen LogP contribution in [0.1, 0.15) is 25.0 Å². The predicted octanol–water partition coefficient (Wildman–Crippen LogP) is 4.11. The van der Waals surface area contributed by atoms with Crippen molar-refractivity contribution >= 4 is 11.6 Å².